The van der Waals surface area contributed by atoms with E-state index in [4.69, 9.17) is 9.47 Å². The Hall–Kier alpha value is -1.71. The van der Waals surface area contributed by atoms with Gasteiger partial charge in [0.1, 0.15) is 0 Å². The molecule has 0 radical (unpaired) electrons. The van der Waals surface area contributed by atoms with Gasteiger partial charge in [0.25, 0.3) is 0 Å². The summed E-state index contributed by atoms with van der Waals surface area (Å²) in [4.78, 5) is 7.11. The first-order valence-corrected chi connectivity index (χ1v) is 3.66. The second kappa shape index (κ2) is 1.91. The molecule has 1 aromatic heterocycles. The average molecular weight is 162 g/mol. The minimum atomic E-state index is 0.307. The Morgan fingerprint density at radius 2 is 2.08 bits per heavy atom. The summed E-state index contributed by atoms with van der Waals surface area (Å²) < 4.78 is 10.4. The van der Waals surface area contributed by atoms with Gasteiger partial charge in [-0.05, 0) is 0 Å². The van der Waals surface area contributed by atoms with E-state index in [1.165, 1.54) is 0 Å². The summed E-state index contributed by atoms with van der Waals surface area (Å²) in [5.41, 5.74) is 1.87. The van der Waals surface area contributed by atoms with Crippen LogP contribution in [0.3, 0.4) is 0 Å². The van der Waals surface area contributed by atoms with Crippen molar-refractivity contribution in [3.05, 3.63) is 18.5 Å². The van der Waals surface area contributed by atoms with Crippen molar-refractivity contribution in [1.29, 1.82) is 0 Å². The molecule has 0 atom stereocenters. The molecular formula is C8H6N2O2. The van der Waals surface area contributed by atoms with Crippen LogP contribution >= 0.6 is 0 Å². The lowest BCUT2D eigenvalue weighted by Crippen LogP contribution is -1.92. The van der Waals surface area contributed by atoms with E-state index in [1.807, 2.05) is 12.1 Å². The number of ether oxygens (including phenoxy) is 2. The summed E-state index contributed by atoms with van der Waals surface area (Å²) in [6.45, 7) is 0.307. The van der Waals surface area contributed by atoms with Crippen LogP contribution in [0, 0.1) is 0 Å². The molecule has 0 saturated carbocycles. The smallest absolute Gasteiger partial charge is 0.231 e. The number of hydrogen-bond acceptors (Lipinski definition) is 3. The zero-order valence-electron chi connectivity index (χ0n) is 6.20. The minimum absolute atomic E-state index is 0.307. The fourth-order valence-corrected chi connectivity index (χ4v) is 1.33. The van der Waals surface area contributed by atoms with E-state index in [2.05, 4.69) is 9.97 Å². The van der Waals surface area contributed by atoms with Gasteiger partial charge in [-0.15, -0.1) is 0 Å². The first-order valence-electron chi connectivity index (χ1n) is 3.66. The Labute approximate surface area is 68.1 Å². The summed E-state index contributed by atoms with van der Waals surface area (Å²) in [5, 5.41) is 0. The van der Waals surface area contributed by atoms with Crippen LogP contribution in [0.4, 0.5) is 0 Å². The van der Waals surface area contributed by atoms with Crippen molar-refractivity contribution in [1.82, 2.24) is 9.97 Å². The predicted octanol–water partition coefficient (Wildman–Crippen LogP) is 1.29. The molecule has 12 heavy (non-hydrogen) atoms. The maximum absolute atomic E-state index is 5.21. The van der Waals surface area contributed by atoms with E-state index >= 15 is 0 Å². The number of aromatic nitrogens is 2. The van der Waals surface area contributed by atoms with Gasteiger partial charge in [-0.2, -0.15) is 0 Å². The Kier molecular flexibility index (Phi) is 0.935. The van der Waals surface area contributed by atoms with Crippen LogP contribution in [-0.2, 0) is 0 Å². The maximum Gasteiger partial charge on any atom is 0.231 e. The summed E-state index contributed by atoms with van der Waals surface area (Å²) in [6, 6.07) is 3.76. The highest BCUT2D eigenvalue weighted by molar-refractivity contribution is 5.79. The number of imidazole rings is 1. The third kappa shape index (κ3) is 0.637. The highest BCUT2D eigenvalue weighted by Gasteiger charge is 2.14. The summed E-state index contributed by atoms with van der Waals surface area (Å²) in [6.07, 6.45) is 1.65. The topological polar surface area (TPSA) is 47.1 Å². The molecule has 1 N–H and O–H groups in total. The highest BCUT2D eigenvalue weighted by Crippen LogP contribution is 2.34. The van der Waals surface area contributed by atoms with Crippen molar-refractivity contribution >= 4 is 11.0 Å². The quantitative estimate of drug-likeness (QED) is 0.635. The standard InChI is InChI=1S/C8H6N2O2/c1-5-6(10-3-9-5)2-8-7(1)11-4-12-8/h1-3H,4H2,(H,9,10). The van der Waals surface area contributed by atoms with Crippen molar-refractivity contribution in [2.45, 2.75) is 0 Å². The van der Waals surface area contributed by atoms with Gasteiger partial charge >= 0.3 is 0 Å². The molecule has 3 rings (SSSR count). The predicted molar refractivity (Wildman–Crippen MR) is 42.2 cm³/mol. The molecule has 2 heterocycles. The van der Waals surface area contributed by atoms with E-state index in [-0.39, 0.29) is 0 Å². The van der Waals surface area contributed by atoms with Crippen LogP contribution in [0.25, 0.3) is 11.0 Å². The first-order chi connectivity index (χ1) is 5.93. The molecule has 0 saturated heterocycles. The van der Waals surface area contributed by atoms with Gasteiger partial charge < -0.3 is 14.5 Å². The zero-order valence-corrected chi connectivity index (χ0v) is 6.20. The molecule has 0 fully saturated rings. The Bertz CT molecular complexity index is 398. The molecule has 2 aromatic rings. The van der Waals surface area contributed by atoms with Crippen LogP contribution in [0.5, 0.6) is 11.5 Å². The first kappa shape index (κ1) is 5.88. The number of aromatic amines is 1. The molecule has 1 aliphatic heterocycles. The van der Waals surface area contributed by atoms with Crippen LogP contribution in [0.2, 0.25) is 0 Å². The molecule has 0 bridgehead atoms. The molecule has 0 amide bonds. The van der Waals surface area contributed by atoms with E-state index in [0.717, 1.165) is 22.5 Å². The Morgan fingerprint density at radius 1 is 1.25 bits per heavy atom. The van der Waals surface area contributed by atoms with Gasteiger partial charge in [0, 0.05) is 12.1 Å². The summed E-state index contributed by atoms with van der Waals surface area (Å²) >= 11 is 0. The van der Waals surface area contributed by atoms with Crippen molar-refractivity contribution in [2.24, 2.45) is 0 Å². The molecule has 1 aromatic carbocycles. The average Bonchev–Trinajstić information content (AvgIpc) is 2.64. The molecule has 0 aliphatic carbocycles. The third-order valence-corrected chi connectivity index (χ3v) is 1.91. The lowest BCUT2D eigenvalue weighted by atomic mass is 10.3. The van der Waals surface area contributed by atoms with Crippen LogP contribution in [0.1, 0.15) is 0 Å². The number of rotatable bonds is 0. The van der Waals surface area contributed by atoms with Gasteiger partial charge in [0.15, 0.2) is 11.5 Å². The van der Waals surface area contributed by atoms with Crippen molar-refractivity contribution in [3.8, 4) is 11.5 Å². The Balaban J connectivity index is 2.38. The minimum Gasteiger partial charge on any atom is -0.454 e. The molecule has 0 unspecified atom stereocenters. The van der Waals surface area contributed by atoms with Gasteiger partial charge in [-0.25, -0.2) is 4.98 Å². The molecule has 60 valence electrons. The molecule has 0 spiro atoms. The lowest BCUT2D eigenvalue weighted by molar-refractivity contribution is 0.174. The SMILES string of the molecule is c1nc2cc3c(cc2[nH]1)OCO3. The van der Waals surface area contributed by atoms with E-state index in [9.17, 15) is 0 Å². The normalized spacial score (nSPS) is 14.0. The number of nitrogens with one attached hydrogen (secondary N) is 1. The van der Waals surface area contributed by atoms with Gasteiger partial charge in [0.05, 0.1) is 17.4 Å². The zero-order chi connectivity index (χ0) is 7.97. The van der Waals surface area contributed by atoms with E-state index in [1.54, 1.807) is 6.33 Å². The van der Waals surface area contributed by atoms with E-state index < -0.39 is 0 Å². The van der Waals surface area contributed by atoms with Crippen LogP contribution in [-0.4, -0.2) is 16.8 Å². The molecule has 4 nitrogen and oxygen atoms in total. The second-order valence-corrected chi connectivity index (χ2v) is 2.63. The number of H-pyrrole nitrogens is 1. The van der Waals surface area contributed by atoms with Crippen molar-refractivity contribution in [2.75, 3.05) is 6.79 Å². The van der Waals surface area contributed by atoms with Crippen LogP contribution < -0.4 is 9.47 Å². The Morgan fingerprint density at radius 3 is 3.00 bits per heavy atom. The monoisotopic (exact) mass is 162 g/mol. The van der Waals surface area contributed by atoms with Crippen molar-refractivity contribution < 1.29 is 9.47 Å². The van der Waals surface area contributed by atoms with Crippen LogP contribution in [0.15, 0.2) is 18.5 Å². The maximum atomic E-state index is 5.21. The number of nitrogens with zero attached hydrogens (tertiary/aromatic N) is 1. The largest absolute Gasteiger partial charge is 0.454 e. The summed E-state index contributed by atoms with van der Waals surface area (Å²) in [5.74, 6) is 1.56. The van der Waals surface area contributed by atoms with Gasteiger partial charge in [-0.1, -0.05) is 0 Å². The summed E-state index contributed by atoms with van der Waals surface area (Å²) in [7, 11) is 0. The van der Waals surface area contributed by atoms with Crippen molar-refractivity contribution in [3.63, 3.8) is 0 Å². The van der Waals surface area contributed by atoms with E-state index in [0.29, 0.717) is 6.79 Å². The number of hydrogen-bond donors (Lipinski definition) is 1. The number of fused-ring (bicyclic) bond motifs is 2. The molecule has 1 aliphatic rings. The van der Waals surface area contributed by atoms with Gasteiger partial charge in [0.2, 0.25) is 6.79 Å². The fourth-order valence-electron chi connectivity index (χ4n) is 1.33. The third-order valence-electron chi connectivity index (χ3n) is 1.91. The molecular weight excluding hydrogens is 156 g/mol. The van der Waals surface area contributed by atoms with Gasteiger partial charge in [-0.3, -0.25) is 0 Å². The second-order valence-electron chi connectivity index (χ2n) is 2.63. The lowest BCUT2D eigenvalue weighted by Gasteiger charge is -1.93. The highest BCUT2D eigenvalue weighted by atomic mass is 16.7. The molecule has 4 heteroatoms. The number of benzene rings is 1. The fraction of sp³-hybridized carbons (Fsp3) is 0.125.